The Morgan fingerprint density at radius 2 is 1.79 bits per heavy atom. The maximum Gasteiger partial charge on any atom is 0.271 e. The highest BCUT2D eigenvalue weighted by molar-refractivity contribution is 7.07. The largest absolute Gasteiger partial charge is 0.493 e. The summed E-state index contributed by atoms with van der Waals surface area (Å²) in [7, 11) is 3.25. The second-order valence-corrected chi connectivity index (χ2v) is 10.4. The molecule has 0 amide bonds. The smallest absolute Gasteiger partial charge is 0.271 e. The van der Waals surface area contributed by atoms with Crippen molar-refractivity contribution in [1.82, 2.24) is 4.57 Å². The van der Waals surface area contributed by atoms with E-state index in [0.717, 1.165) is 40.8 Å². The van der Waals surface area contributed by atoms with Crippen LogP contribution in [0.5, 0.6) is 17.2 Å². The fraction of sp³-hybridized carbons (Fsp3) is 0.188. The summed E-state index contributed by atoms with van der Waals surface area (Å²) in [6.07, 6.45) is 5.31. The van der Waals surface area contributed by atoms with Crippen LogP contribution >= 0.6 is 11.3 Å². The maximum atomic E-state index is 14.1. The first-order valence-electron chi connectivity index (χ1n) is 12.8. The summed E-state index contributed by atoms with van der Waals surface area (Å²) in [6, 6.07) is 21.7. The molecule has 1 aliphatic carbocycles. The van der Waals surface area contributed by atoms with E-state index in [1.54, 1.807) is 20.3 Å². The molecule has 3 aromatic carbocycles. The molecule has 6 rings (SSSR count). The maximum absolute atomic E-state index is 14.1. The van der Waals surface area contributed by atoms with Gasteiger partial charge in [0.25, 0.3) is 5.56 Å². The number of para-hydroxylation sites is 1. The standard InChI is InChI=1S/C32H28N2O4S/c1-4-17-38-25-12-8-6-10-21(25)19-28-31(35)34-30(22-14-16-26(36-2)27(18-22)37-3)24-15-13-20-9-5-7-11-23(20)29(24)33-32(34)39-28/h4-12,14,16,18-19,30H,1,13,15,17H2,2-3H3. The molecule has 0 fully saturated rings. The highest BCUT2D eigenvalue weighted by Gasteiger charge is 2.33. The van der Waals surface area contributed by atoms with Crippen molar-refractivity contribution in [3.05, 3.63) is 127 Å². The number of fused-ring (bicyclic) bond motifs is 3. The van der Waals surface area contributed by atoms with E-state index in [1.807, 2.05) is 59.2 Å². The van der Waals surface area contributed by atoms with E-state index < -0.39 is 0 Å². The summed E-state index contributed by atoms with van der Waals surface area (Å²) in [5.74, 6) is 1.97. The molecule has 1 unspecified atom stereocenters. The third kappa shape index (κ3) is 4.38. The number of hydrogen-bond acceptors (Lipinski definition) is 6. The number of benzene rings is 3. The van der Waals surface area contributed by atoms with Crippen LogP contribution in [0.2, 0.25) is 0 Å². The zero-order chi connectivity index (χ0) is 26.9. The summed E-state index contributed by atoms with van der Waals surface area (Å²) < 4.78 is 19.4. The van der Waals surface area contributed by atoms with Crippen molar-refractivity contribution in [1.29, 1.82) is 0 Å². The third-order valence-corrected chi connectivity index (χ3v) is 8.14. The van der Waals surface area contributed by atoms with Crippen LogP contribution in [-0.2, 0) is 6.42 Å². The Hall–Kier alpha value is -4.36. The fourth-order valence-electron chi connectivity index (χ4n) is 5.37. The van der Waals surface area contributed by atoms with Crippen LogP contribution in [0.25, 0.3) is 11.8 Å². The zero-order valence-corrected chi connectivity index (χ0v) is 22.7. The van der Waals surface area contributed by atoms with Gasteiger partial charge in [0.2, 0.25) is 0 Å². The number of nitrogens with zero attached hydrogens (tertiary/aromatic N) is 2. The lowest BCUT2D eigenvalue weighted by molar-refractivity contribution is 0.354. The SMILES string of the molecule is C=CCOc1ccccc1C=c1sc2n(c1=O)C(c1ccc(OC)c(OC)c1)C1=C(N=2)c2ccccc2CC1. The van der Waals surface area contributed by atoms with E-state index in [1.165, 1.54) is 16.9 Å². The van der Waals surface area contributed by atoms with Gasteiger partial charge in [0, 0.05) is 11.1 Å². The van der Waals surface area contributed by atoms with Crippen molar-refractivity contribution in [2.45, 2.75) is 18.9 Å². The van der Waals surface area contributed by atoms with Crippen LogP contribution in [0.15, 0.2) is 94.7 Å². The molecule has 0 saturated carbocycles. The molecule has 196 valence electrons. The number of thiazole rings is 1. The number of rotatable bonds is 7. The molecule has 39 heavy (non-hydrogen) atoms. The minimum atomic E-state index is -0.307. The summed E-state index contributed by atoms with van der Waals surface area (Å²) in [6.45, 7) is 4.13. The van der Waals surface area contributed by atoms with Crippen molar-refractivity contribution < 1.29 is 14.2 Å². The molecule has 0 bridgehead atoms. The molecule has 0 radical (unpaired) electrons. The average Bonchev–Trinajstić information content (AvgIpc) is 3.29. The molecule has 7 heteroatoms. The Morgan fingerprint density at radius 1 is 1.00 bits per heavy atom. The number of aryl methyl sites for hydroxylation is 1. The van der Waals surface area contributed by atoms with E-state index in [2.05, 4.69) is 24.8 Å². The molecule has 1 aliphatic heterocycles. The Morgan fingerprint density at radius 3 is 2.62 bits per heavy atom. The summed E-state index contributed by atoms with van der Waals surface area (Å²) in [5, 5.41) is 0. The van der Waals surface area contributed by atoms with Gasteiger partial charge in [-0.15, -0.1) is 0 Å². The number of methoxy groups -OCH3 is 2. The summed E-state index contributed by atoms with van der Waals surface area (Å²) in [5.41, 5.74) is 6.21. The Labute approximate surface area is 230 Å². The summed E-state index contributed by atoms with van der Waals surface area (Å²) in [4.78, 5) is 19.8. The van der Waals surface area contributed by atoms with Gasteiger partial charge >= 0.3 is 0 Å². The minimum absolute atomic E-state index is 0.0810. The van der Waals surface area contributed by atoms with Crippen LogP contribution in [-0.4, -0.2) is 25.4 Å². The van der Waals surface area contributed by atoms with Gasteiger partial charge in [-0.3, -0.25) is 9.36 Å². The first-order chi connectivity index (χ1) is 19.1. The normalized spacial score (nSPS) is 16.1. The predicted octanol–water partition coefficient (Wildman–Crippen LogP) is 4.90. The lowest BCUT2D eigenvalue weighted by atomic mass is 9.83. The van der Waals surface area contributed by atoms with Gasteiger partial charge in [-0.2, -0.15) is 0 Å². The minimum Gasteiger partial charge on any atom is -0.493 e. The lowest BCUT2D eigenvalue weighted by Gasteiger charge is -2.31. The van der Waals surface area contributed by atoms with Gasteiger partial charge in [-0.25, -0.2) is 4.99 Å². The first kappa shape index (κ1) is 24.9. The molecule has 0 N–H and O–H groups in total. The van der Waals surface area contributed by atoms with Crippen molar-refractivity contribution in [2.75, 3.05) is 20.8 Å². The molecule has 1 aromatic heterocycles. The Kier molecular flexibility index (Phi) is 6.67. The molecular weight excluding hydrogens is 508 g/mol. The van der Waals surface area contributed by atoms with Crippen molar-refractivity contribution >= 4 is 23.1 Å². The van der Waals surface area contributed by atoms with Crippen LogP contribution in [0.4, 0.5) is 0 Å². The third-order valence-electron chi connectivity index (χ3n) is 7.16. The monoisotopic (exact) mass is 536 g/mol. The highest BCUT2D eigenvalue weighted by Crippen LogP contribution is 2.42. The topological polar surface area (TPSA) is 62.0 Å². The molecule has 0 saturated heterocycles. The van der Waals surface area contributed by atoms with Crippen LogP contribution in [0.3, 0.4) is 0 Å². The molecule has 0 spiro atoms. The highest BCUT2D eigenvalue weighted by atomic mass is 32.1. The van der Waals surface area contributed by atoms with Crippen LogP contribution in [0, 0.1) is 0 Å². The van der Waals surface area contributed by atoms with Crippen molar-refractivity contribution in [2.24, 2.45) is 4.99 Å². The van der Waals surface area contributed by atoms with E-state index >= 15 is 0 Å². The van der Waals surface area contributed by atoms with Gasteiger partial charge in [0.1, 0.15) is 12.4 Å². The van der Waals surface area contributed by atoms with Gasteiger partial charge in [0.15, 0.2) is 16.3 Å². The van der Waals surface area contributed by atoms with E-state index in [9.17, 15) is 4.79 Å². The second-order valence-electron chi connectivity index (χ2n) is 9.37. The number of allylic oxidation sites excluding steroid dienone is 1. The molecular formula is C32H28N2O4S. The lowest BCUT2D eigenvalue weighted by Crippen LogP contribution is -2.38. The van der Waals surface area contributed by atoms with E-state index in [0.29, 0.717) is 33.2 Å². The van der Waals surface area contributed by atoms with Gasteiger partial charge in [0.05, 0.1) is 30.5 Å². The van der Waals surface area contributed by atoms with Crippen LogP contribution in [0.1, 0.15) is 34.7 Å². The Balaban J connectivity index is 1.59. The molecule has 6 nitrogen and oxygen atoms in total. The quantitative estimate of drug-likeness (QED) is 0.315. The second kappa shape index (κ2) is 10.4. The number of ether oxygens (including phenoxy) is 3. The van der Waals surface area contributed by atoms with E-state index in [4.69, 9.17) is 19.2 Å². The molecule has 1 atom stereocenters. The van der Waals surface area contributed by atoms with Crippen molar-refractivity contribution in [3.63, 3.8) is 0 Å². The van der Waals surface area contributed by atoms with E-state index in [-0.39, 0.29) is 11.6 Å². The van der Waals surface area contributed by atoms with Crippen molar-refractivity contribution in [3.8, 4) is 17.2 Å². The molecule has 2 heterocycles. The number of aromatic nitrogens is 1. The van der Waals surface area contributed by atoms with Gasteiger partial charge < -0.3 is 14.2 Å². The molecule has 4 aromatic rings. The Bertz CT molecular complexity index is 1800. The summed E-state index contributed by atoms with van der Waals surface area (Å²) >= 11 is 1.40. The number of hydrogen-bond donors (Lipinski definition) is 0. The molecule has 2 aliphatic rings. The predicted molar refractivity (Wildman–Crippen MR) is 154 cm³/mol. The van der Waals surface area contributed by atoms with Gasteiger partial charge in [-0.05, 0) is 53.8 Å². The fourth-order valence-corrected chi connectivity index (χ4v) is 6.36. The first-order valence-corrected chi connectivity index (χ1v) is 13.6. The zero-order valence-electron chi connectivity index (χ0n) is 21.8. The van der Waals surface area contributed by atoms with Gasteiger partial charge in [-0.1, -0.05) is 72.5 Å². The average molecular weight is 537 g/mol. The van der Waals surface area contributed by atoms with Crippen LogP contribution < -0.4 is 29.1 Å².